The Morgan fingerprint density at radius 3 is 2.50 bits per heavy atom. The zero-order valence-electron chi connectivity index (χ0n) is 16.3. The molecule has 1 atom stereocenters. The summed E-state index contributed by atoms with van der Waals surface area (Å²) < 4.78 is 16.8. The first-order valence-corrected chi connectivity index (χ1v) is 10.2. The van der Waals surface area contributed by atoms with Crippen molar-refractivity contribution >= 4 is 55.2 Å². The van der Waals surface area contributed by atoms with Crippen LogP contribution < -0.4 is 4.74 Å². The SMILES string of the molecule is CCOC(=O)CC(C(=O)OC(C)(C)C)C(=O)c1cc2nc(OC)c(Br)cc2s1. The van der Waals surface area contributed by atoms with E-state index < -0.39 is 29.2 Å². The molecule has 9 heteroatoms. The number of esters is 2. The fraction of sp³-hybridized carbons (Fsp3) is 0.474. The molecular formula is C19H22BrNO6S. The number of rotatable bonds is 7. The largest absolute Gasteiger partial charge is 0.480 e. The number of carbonyl (C=O) groups excluding carboxylic acids is 3. The standard InChI is InChI=1S/C19H22BrNO6S/c1-6-26-15(22)7-10(18(24)27-19(2,3)4)16(23)14-9-12-13(28-14)8-11(20)17(21-12)25-5/h8-10H,6-7H2,1-5H3. The van der Waals surface area contributed by atoms with Crippen molar-refractivity contribution in [3.8, 4) is 5.88 Å². The molecule has 152 valence electrons. The van der Waals surface area contributed by atoms with Gasteiger partial charge in [-0.05, 0) is 55.8 Å². The number of ether oxygens (including phenoxy) is 3. The summed E-state index contributed by atoms with van der Waals surface area (Å²) in [5.41, 5.74) is -0.225. The van der Waals surface area contributed by atoms with Crippen LogP contribution in [0.2, 0.25) is 0 Å². The first-order chi connectivity index (χ1) is 13.1. The predicted molar refractivity (Wildman–Crippen MR) is 109 cm³/mol. The van der Waals surface area contributed by atoms with E-state index in [0.717, 1.165) is 4.70 Å². The maximum absolute atomic E-state index is 13.1. The van der Waals surface area contributed by atoms with Gasteiger partial charge in [0.15, 0.2) is 5.78 Å². The van der Waals surface area contributed by atoms with Crippen LogP contribution in [0.15, 0.2) is 16.6 Å². The van der Waals surface area contributed by atoms with Crippen molar-refractivity contribution < 1.29 is 28.6 Å². The molecule has 7 nitrogen and oxygen atoms in total. The van der Waals surface area contributed by atoms with Crippen molar-refractivity contribution in [1.82, 2.24) is 4.98 Å². The van der Waals surface area contributed by atoms with Gasteiger partial charge in [-0.15, -0.1) is 11.3 Å². The molecule has 2 heterocycles. The molecule has 2 rings (SSSR count). The van der Waals surface area contributed by atoms with Crippen LogP contribution in [0.5, 0.6) is 5.88 Å². The second-order valence-corrected chi connectivity index (χ2v) is 8.87. The summed E-state index contributed by atoms with van der Waals surface area (Å²) in [6.45, 7) is 6.91. The monoisotopic (exact) mass is 471 g/mol. The zero-order valence-corrected chi connectivity index (χ0v) is 18.7. The Labute approximate surface area is 175 Å². The number of pyridine rings is 1. The van der Waals surface area contributed by atoms with E-state index in [-0.39, 0.29) is 13.0 Å². The molecule has 0 bridgehead atoms. The highest BCUT2D eigenvalue weighted by Crippen LogP contribution is 2.33. The Morgan fingerprint density at radius 2 is 1.93 bits per heavy atom. The van der Waals surface area contributed by atoms with Crippen LogP contribution >= 0.6 is 27.3 Å². The van der Waals surface area contributed by atoms with Gasteiger partial charge in [0.1, 0.15) is 11.5 Å². The molecule has 0 aromatic carbocycles. The number of hydrogen-bond acceptors (Lipinski definition) is 8. The fourth-order valence-corrected chi connectivity index (χ4v) is 4.07. The van der Waals surface area contributed by atoms with E-state index in [1.54, 1.807) is 39.8 Å². The van der Waals surface area contributed by atoms with Gasteiger partial charge in [-0.2, -0.15) is 0 Å². The van der Waals surface area contributed by atoms with Crippen molar-refractivity contribution in [2.24, 2.45) is 5.92 Å². The van der Waals surface area contributed by atoms with E-state index in [9.17, 15) is 14.4 Å². The minimum absolute atomic E-state index is 0.161. The third-order valence-electron chi connectivity index (χ3n) is 3.54. The minimum atomic E-state index is -1.28. The smallest absolute Gasteiger partial charge is 0.318 e. The summed E-state index contributed by atoms with van der Waals surface area (Å²) >= 11 is 4.54. The van der Waals surface area contributed by atoms with Crippen LogP contribution in [0.1, 0.15) is 43.8 Å². The lowest BCUT2D eigenvalue weighted by molar-refractivity contribution is -0.161. The molecule has 0 N–H and O–H groups in total. The third-order valence-corrected chi connectivity index (χ3v) is 5.20. The Balaban J connectivity index is 2.38. The van der Waals surface area contributed by atoms with Crippen molar-refractivity contribution in [1.29, 1.82) is 0 Å². The predicted octanol–water partition coefficient (Wildman–Crippen LogP) is 4.16. The Morgan fingerprint density at radius 1 is 1.25 bits per heavy atom. The van der Waals surface area contributed by atoms with Gasteiger partial charge >= 0.3 is 11.9 Å². The van der Waals surface area contributed by atoms with Crippen LogP contribution in [0.4, 0.5) is 0 Å². The van der Waals surface area contributed by atoms with Gasteiger partial charge in [0.05, 0.1) is 39.7 Å². The summed E-state index contributed by atoms with van der Waals surface area (Å²) in [6, 6.07) is 3.37. The van der Waals surface area contributed by atoms with Crippen LogP contribution in [0.25, 0.3) is 10.2 Å². The van der Waals surface area contributed by atoms with Crippen LogP contribution in [0, 0.1) is 5.92 Å². The molecule has 0 aliphatic carbocycles. The van der Waals surface area contributed by atoms with Crippen LogP contribution in [-0.2, 0) is 19.1 Å². The highest BCUT2D eigenvalue weighted by Gasteiger charge is 2.35. The number of methoxy groups -OCH3 is 1. The van der Waals surface area contributed by atoms with Crippen LogP contribution in [0.3, 0.4) is 0 Å². The second kappa shape index (κ2) is 9.00. The quantitative estimate of drug-likeness (QED) is 0.340. The first-order valence-electron chi connectivity index (χ1n) is 8.62. The molecule has 0 saturated heterocycles. The highest BCUT2D eigenvalue weighted by molar-refractivity contribution is 9.10. The van der Waals surface area contributed by atoms with Gasteiger partial charge in [-0.1, -0.05) is 0 Å². The van der Waals surface area contributed by atoms with Gasteiger partial charge in [0, 0.05) is 0 Å². The fourth-order valence-electron chi connectivity index (χ4n) is 2.40. The highest BCUT2D eigenvalue weighted by atomic mass is 79.9. The van der Waals surface area contributed by atoms with Crippen LogP contribution in [-0.4, -0.2) is 42.0 Å². The molecule has 0 fully saturated rings. The second-order valence-electron chi connectivity index (χ2n) is 6.93. The molecular weight excluding hydrogens is 450 g/mol. The molecule has 0 radical (unpaired) electrons. The average Bonchev–Trinajstić information content (AvgIpc) is 2.99. The van der Waals surface area contributed by atoms with E-state index in [4.69, 9.17) is 14.2 Å². The van der Waals surface area contributed by atoms with E-state index in [1.807, 2.05) is 0 Å². The number of thiophene rings is 1. The molecule has 0 aliphatic heterocycles. The van der Waals surface area contributed by atoms with E-state index in [0.29, 0.717) is 20.7 Å². The number of fused-ring (bicyclic) bond motifs is 1. The normalized spacial score (nSPS) is 12.5. The third kappa shape index (κ3) is 5.51. The number of halogens is 1. The molecule has 28 heavy (non-hydrogen) atoms. The summed E-state index contributed by atoms with van der Waals surface area (Å²) in [5, 5.41) is 0. The lowest BCUT2D eigenvalue weighted by Crippen LogP contribution is -2.34. The maximum atomic E-state index is 13.1. The minimum Gasteiger partial charge on any atom is -0.480 e. The van der Waals surface area contributed by atoms with Crippen molar-refractivity contribution in [2.75, 3.05) is 13.7 Å². The number of ketones is 1. The van der Waals surface area contributed by atoms with Gasteiger partial charge < -0.3 is 14.2 Å². The number of nitrogens with zero attached hydrogens (tertiary/aromatic N) is 1. The molecule has 0 aliphatic rings. The lowest BCUT2D eigenvalue weighted by Gasteiger charge is -2.22. The Bertz CT molecular complexity index is 902. The topological polar surface area (TPSA) is 91.8 Å². The summed E-state index contributed by atoms with van der Waals surface area (Å²) in [7, 11) is 1.50. The van der Waals surface area contributed by atoms with E-state index in [2.05, 4.69) is 20.9 Å². The lowest BCUT2D eigenvalue weighted by atomic mass is 9.98. The van der Waals surface area contributed by atoms with Crippen molar-refractivity contribution in [3.05, 3.63) is 21.5 Å². The van der Waals surface area contributed by atoms with Crippen molar-refractivity contribution in [2.45, 2.75) is 39.7 Å². The van der Waals surface area contributed by atoms with Gasteiger partial charge in [-0.3, -0.25) is 14.4 Å². The molecule has 0 spiro atoms. The molecule has 2 aromatic rings. The van der Waals surface area contributed by atoms with Gasteiger partial charge in [0.2, 0.25) is 5.88 Å². The number of carbonyl (C=O) groups is 3. The average molecular weight is 472 g/mol. The molecule has 2 aromatic heterocycles. The van der Waals surface area contributed by atoms with E-state index in [1.165, 1.54) is 18.4 Å². The Hall–Kier alpha value is -2.00. The summed E-state index contributed by atoms with van der Waals surface area (Å²) in [6.07, 6.45) is -0.379. The summed E-state index contributed by atoms with van der Waals surface area (Å²) in [4.78, 5) is 42.2. The molecule has 0 saturated carbocycles. The zero-order chi connectivity index (χ0) is 21.1. The molecule has 0 amide bonds. The number of Topliss-reactive ketones (excluding diaryl/α,β-unsaturated/α-hetero) is 1. The molecule has 1 unspecified atom stereocenters. The number of hydrogen-bond donors (Lipinski definition) is 0. The van der Waals surface area contributed by atoms with Crippen molar-refractivity contribution in [3.63, 3.8) is 0 Å². The van der Waals surface area contributed by atoms with E-state index >= 15 is 0 Å². The Kier molecular flexibility index (Phi) is 7.16. The van der Waals surface area contributed by atoms with Gasteiger partial charge in [-0.25, -0.2) is 4.98 Å². The number of aromatic nitrogens is 1. The van der Waals surface area contributed by atoms with Gasteiger partial charge in [0.25, 0.3) is 0 Å². The first kappa shape index (κ1) is 22.3. The maximum Gasteiger partial charge on any atom is 0.318 e. The summed E-state index contributed by atoms with van der Waals surface area (Å²) in [5.74, 6) is -2.78.